The molecule has 8 heteroatoms. The second kappa shape index (κ2) is 5.22. The van der Waals surface area contributed by atoms with Gasteiger partial charge in [-0.25, -0.2) is 0 Å². The standard InChI is InChI=1S/C14H10N2O4S2/c1-15-8-5-3-2-4-7(8)10(12(15)19)11-13(20)16(6-9(17)18)14(21)22-11/h2-5H,6H2,1H3,(H,17,18)/p-1/b11-10-. The number of rotatable bonds is 2. The highest BCUT2D eigenvalue weighted by atomic mass is 32.2. The number of fused-ring (bicyclic) bond motifs is 1. The Bertz CT molecular complexity index is 772. The van der Waals surface area contributed by atoms with Crippen molar-refractivity contribution in [3.05, 3.63) is 34.7 Å². The fourth-order valence-corrected chi connectivity index (χ4v) is 3.73. The maximum absolute atomic E-state index is 12.4. The molecule has 1 aromatic carbocycles. The largest absolute Gasteiger partial charge is 0.548 e. The van der Waals surface area contributed by atoms with Gasteiger partial charge in [-0.05, 0) is 6.07 Å². The van der Waals surface area contributed by atoms with Crippen LogP contribution in [0.1, 0.15) is 5.56 Å². The minimum absolute atomic E-state index is 0.108. The molecule has 0 spiro atoms. The summed E-state index contributed by atoms with van der Waals surface area (Å²) in [6.45, 7) is -0.618. The molecule has 0 aromatic heterocycles. The molecular weight excluding hydrogens is 324 g/mol. The number of hydrogen-bond donors (Lipinski definition) is 0. The van der Waals surface area contributed by atoms with Gasteiger partial charge in [0.05, 0.1) is 28.7 Å². The van der Waals surface area contributed by atoms with Crippen molar-refractivity contribution >= 4 is 57.3 Å². The highest BCUT2D eigenvalue weighted by Gasteiger charge is 2.40. The smallest absolute Gasteiger partial charge is 0.267 e. The Morgan fingerprint density at radius 1 is 1.27 bits per heavy atom. The van der Waals surface area contributed by atoms with E-state index in [4.69, 9.17) is 12.2 Å². The third-order valence-corrected chi connectivity index (χ3v) is 4.86. The van der Waals surface area contributed by atoms with E-state index in [0.29, 0.717) is 11.3 Å². The van der Waals surface area contributed by atoms with Gasteiger partial charge in [0.25, 0.3) is 11.8 Å². The molecule has 0 saturated carbocycles. The Kier molecular flexibility index (Phi) is 3.50. The average molecular weight is 333 g/mol. The third kappa shape index (κ3) is 2.11. The number of para-hydroxylation sites is 1. The summed E-state index contributed by atoms with van der Waals surface area (Å²) in [5, 5.41) is 10.7. The van der Waals surface area contributed by atoms with Gasteiger partial charge in [-0.2, -0.15) is 0 Å². The molecule has 0 radical (unpaired) electrons. The summed E-state index contributed by atoms with van der Waals surface area (Å²) in [5.74, 6) is -2.29. The number of hydrogen-bond acceptors (Lipinski definition) is 6. The monoisotopic (exact) mass is 333 g/mol. The van der Waals surface area contributed by atoms with Crippen molar-refractivity contribution in [2.75, 3.05) is 18.5 Å². The molecule has 1 aromatic rings. The summed E-state index contributed by atoms with van der Waals surface area (Å²) in [5.41, 5.74) is 1.60. The SMILES string of the molecule is CN1C(=O)/C(=C2\SC(=S)N(CC(=O)[O-])C2=O)c2ccccc21. The number of anilines is 1. The molecule has 2 aliphatic heterocycles. The van der Waals surface area contributed by atoms with Gasteiger partial charge in [0, 0.05) is 12.6 Å². The van der Waals surface area contributed by atoms with E-state index in [1.807, 2.05) is 0 Å². The van der Waals surface area contributed by atoms with Crippen LogP contribution in [0.5, 0.6) is 0 Å². The van der Waals surface area contributed by atoms with Crippen LogP contribution in [-0.4, -0.2) is 40.6 Å². The second-order valence-corrected chi connectivity index (χ2v) is 6.36. The van der Waals surface area contributed by atoms with E-state index in [1.54, 1.807) is 31.3 Å². The summed E-state index contributed by atoms with van der Waals surface area (Å²) in [6, 6.07) is 7.10. The predicted octanol–water partition coefficient (Wildman–Crippen LogP) is -0.0157. The molecule has 2 heterocycles. The van der Waals surface area contributed by atoms with E-state index in [2.05, 4.69) is 0 Å². The van der Waals surface area contributed by atoms with Crippen molar-refractivity contribution < 1.29 is 19.5 Å². The van der Waals surface area contributed by atoms with E-state index in [9.17, 15) is 19.5 Å². The van der Waals surface area contributed by atoms with Gasteiger partial charge < -0.3 is 14.8 Å². The number of likely N-dealkylation sites (N-methyl/N-ethyl adjacent to an activating group) is 1. The molecule has 2 aliphatic rings. The first kappa shape index (κ1) is 14.7. The molecule has 0 aliphatic carbocycles. The van der Waals surface area contributed by atoms with Gasteiger partial charge in [-0.1, -0.05) is 42.2 Å². The van der Waals surface area contributed by atoms with Crippen LogP contribution >= 0.6 is 24.0 Å². The van der Waals surface area contributed by atoms with Crippen molar-refractivity contribution in [1.82, 2.24) is 4.90 Å². The van der Waals surface area contributed by atoms with Crippen LogP contribution in [-0.2, 0) is 14.4 Å². The lowest BCUT2D eigenvalue weighted by molar-refractivity contribution is -0.305. The van der Waals surface area contributed by atoms with Crippen LogP contribution in [0, 0.1) is 0 Å². The van der Waals surface area contributed by atoms with Gasteiger partial charge in [0.15, 0.2) is 0 Å². The van der Waals surface area contributed by atoms with Crippen LogP contribution in [0.25, 0.3) is 5.57 Å². The van der Waals surface area contributed by atoms with Gasteiger partial charge in [-0.15, -0.1) is 0 Å². The molecule has 0 unspecified atom stereocenters. The first-order valence-electron chi connectivity index (χ1n) is 6.27. The zero-order valence-electron chi connectivity index (χ0n) is 11.4. The summed E-state index contributed by atoms with van der Waals surface area (Å²) >= 11 is 5.97. The van der Waals surface area contributed by atoms with Crippen molar-refractivity contribution in [2.45, 2.75) is 0 Å². The fraction of sp³-hybridized carbons (Fsp3) is 0.143. The molecular formula is C14H9N2O4S2-. The number of carboxylic acids is 1. The third-order valence-electron chi connectivity index (χ3n) is 3.42. The maximum atomic E-state index is 12.4. The quantitative estimate of drug-likeness (QED) is 0.559. The number of nitrogens with zero attached hydrogens (tertiary/aromatic N) is 2. The highest BCUT2D eigenvalue weighted by Crippen LogP contribution is 2.43. The topological polar surface area (TPSA) is 80.8 Å². The number of carboxylic acid groups (broad SMARTS) is 1. The lowest BCUT2D eigenvalue weighted by Gasteiger charge is -2.14. The number of carbonyl (C=O) groups is 3. The Hall–Kier alpha value is -2.19. The van der Waals surface area contributed by atoms with Crippen molar-refractivity contribution in [3.63, 3.8) is 0 Å². The lowest BCUT2D eigenvalue weighted by atomic mass is 10.1. The molecule has 0 atom stereocenters. The first-order chi connectivity index (χ1) is 10.4. The summed E-state index contributed by atoms with van der Waals surface area (Å²) < 4.78 is 0.108. The molecule has 0 bridgehead atoms. The zero-order valence-corrected chi connectivity index (χ0v) is 13.0. The van der Waals surface area contributed by atoms with Crippen molar-refractivity contribution in [2.24, 2.45) is 0 Å². The van der Waals surface area contributed by atoms with Crippen LogP contribution in [0.2, 0.25) is 0 Å². The molecule has 0 N–H and O–H groups in total. The molecule has 1 saturated heterocycles. The Balaban J connectivity index is 2.12. The number of aliphatic carboxylic acids is 1. The van der Waals surface area contributed by atoms with Crippen LogP contribution in [0.15, 0.2) is 29.2 Å². The van der Waals surface area contributed by atoms with Crippen molar-refractivity contribution in [3.8, 4) is 0 Å². The van der Waals surface area contributed by atoms with Crippen LogP contribution in [0.4, 0.5) is 5.69 Å². The predicted molar refractivity (Wildman–Crippen MR) is 83.7 cm³/mol. The molecule has 22 heavy (non-hydrogen) atoms. The Labute approximate surface area is 135 Å². The van der Waals surface area contributed by atoms with Gasteiger partial charge in [0.1, 0.15) is 4.32 Å². The summed E-state index contributed by atoms with van der Waals surface area (Å²) in [6.07, 6.45) is 0. The minimum atomic E-state index is -1.40. The Morgan fingerprint density at radius 2 is 1.95 bits per heavy atom. The van der Waals surface area contributed by atoms with Crippen LogP contribution < -0.4 is 10.0 Å². The zero-order chi connectivity index (χ0) is 16.0. The second-order valence-electron chi connectivity index (χ2n) is 4.72. The number of thiocarbonyl (C=S) groups is 1. The van der Waals surface area contributed by atoms with Gasteiger partial charge in [-0.3, -0.25) is 14.5 Å². The van der Waals surface area contributed by atoms with E-state index >= 15 is 0 Å². The fourth-order valence-electron chi connectivity index (χ4n) is 2.40. The van der Waals surface area contributed by atoms with E-state index in [1.165, 1.54) is 4.90 Å². The number of thioether (sulfide) groups is 1. The summed E-state index contributed by atoms with van der Waals surface area (Å²) in [7, 11) is 1.62. The number of amides is 2. The van der Waals surface area contributed by atoms with Gasteiger partial charge in [0.2, 0.25) is 0 Å². The summed E-state index contributed by atoms with van der Waals surface area (Å²) in [4.78, 5) is 38.1. The van der Waals surface area contributed by atoms with E-state index in [0.717, 1.165) is 16.7 Å². The van der Waals surface area contributed by atoms with Crippen molar-refractivity contribution in [1.29, 1.82) is 0 Å². The van der Waals surface area contributed by atoms with E-state index < -0.39 is 18.4 Å². The first-order valence-corrected chi connectivity index (χ1v) is 7.49. The maximum Gasteiger partial charge on any atom is 0.267 e. The van der Waals surface area contributed by atoms with Gasteiger partial charge >= 0.3 is 0 Å². The normalized spacial score (nSPS) is 20.9. The lowest BCUT2D eigenvalue weighted by Crippen LogP contribution is -2.40. The molecule has 3 rings (SSSR count). The van der Waals surface area contributed by atoms with E-state index in [-0.39, 0.29) is 20.7 Å². The molecule has 112 valence electrons. The van der Waals surface area contributed by atoms with Crippen LogP contribution in [0.3, 0.4) is 0 Å². The molecule has 6 nitrogen and oxygen atoms in total. The minimum Gasteiger partial charge on any atom is -0.548 e. The molecule has 2 amide bonds. The highest BCUT2D eigenvalue weighted by molar-refractivity contribution is 8.26. The number of benzene rings is 1. The average Bonchev–Trinajstić information content (AvgIpc) is 2.88. The molecule has 1 fully saturated rings. The Morgan fingerprint density at radius 3 is 2.64 bits per heavy atom. The number of carbonyl (C=O) groups excluding carboxylic acids is 3.